The van der Waals surface area contributed by atoms with E-state index >= 15 is 0 Å². The molecule has 3 aromatic rings. The minimum Gasteiger partial charge on any atom is -0.391 e. The van der Waals surface area contributed by atoms with Gasteiger partial charge < -0.3 is 19.8 Å². The van der Waals surface area contributed by atoms with Gasteiger partial charge in [-0.3, -0.25) is 9.78 Å². The zero-order valence-electron chi connectivity index (χ0n) is 16.3. The van der Waals surface area contributed by atoms with Crippen LogP contribution in [-0.2, 0) is 13.0 Å². The molecule has 1 fully saturated rings. The van der Waals surface area contributed by atoms with Crippen molar-refractivity contribution in [2.24, 2.45) is 5.92 Å². The standard InChI is InChI=1S/C22H24N4O3/c1-15-10-20(29-25-15)11-18-13-26(14-21(18)27)22(28)17-2-4-19(5-3-17)24-12-16-6-8-23-9-7-16/h2-10,18,21,24,27H,11-14H2,1H3/t18-,21+/m1/s1. The Morgan fingerprint density at radius 1 is 1.21 bits per heavy atom. The molecule has 1 saturated heterocycles. The van der Waals surface area contributed by atoms with E-state index in [0.29, 0.717) is 31.6 Å². The highest BCUT2D eigenvalue weighted by atomic mass is 16.5. The number of nitrogens with one attached hydrogen (secondary N) is 1. The average Bonchev–Trinajstić information content (AvgIpc) is 3.32. The molecule has 3 heterocycles. The molecule has 0 aliphatic carbocycles. The number of aryl methyl sites for hydroxylation is 1. The molecule has 1 aromatic carbocycles. The number of amides is 1. The monoisotopic (exact) mass is 392 g/mol. The fourth-order valence-corrected chi connectivity index (χ4v) is 3.61. The number of β-amino-alcohol motifs (C(OH)–C–C–N with tert-alkyl or cyclic N) is 1. The van der Waals surface area contributed by atoms with Crippen molar-refractivity contribution in [3.8, 4) is 0 Å². The largest absolute Gasteiger partial charge is 0.391 e. The van der Waals surface area contributed by atoms with Gasteiger partial charge >= 0.3 is 0 Å². The minimum atomic E-state index is -0.564. The molecule has 7 nitrogen and oxygen atoms in total. The summed E-state index contributed by atoms with van der Waals surface area (Å²) in [6, 6.07) is 13.2. The van der Waals surface area contributed by atoms with Gasteiger partial charge in [-0.2, -0.15) is 0 Å². The SMILES string of the molecule is Cc1cc(C[C@@H]2CN(C(=O)c3ccc(NCc4ccncc4)cc3)C[C@@H]2O)on1. The number of benzene rings is 1. The summed E-state index contributed by atoms with van der Waals surface area (Å²) in [4.78, 5) is 18.6. The molecule has 0 bridgehead atoms. The Morgan fingerprint density at radius 3 is 2.66 bits per heavy atom. The predicted molar refractivity (Wildman–Crippen MR) is 108 cm³/mol. The maximum Gasteiger partial charge on any atom is 0.253 e. The number of aliphatic hydroxyl groups excluding tert-OH is 1. The quantitative estimate of drug-likeness (QED) is 0.670. The van der Waals surface area contributed by atoms with Crippen LogP contribution in [0.2, 0.25) is 0 Å². The van der Waals surface area contributed by atoms with Crippen LogP contribution in [-0.4, -0.2) is 45.2 Å². The Labute approximate surface area is 169 Å². The van der Waals surface area contributed by atoms with E-state index in [1.54, 1.807) is 17.3 Å². The molecule has 0 saturated carbocycles. The molecule has 0 radical (unpaired) electrons. The number of carbonyl (C=O) groups excluding carboxylic acids is 1. The van der Waals surface area contributed by atoms with Gasteiger partial charge in [-0.15, -0.1) is 0 Å². The third-order valence-electron chi connectivity index (χ3n) is 5.21. The number of rotatable bonds is 6. The molecular weight excluding hydrogens is 368 g/mol. The molecule has 4 rings (SSSR count). The summed E-state index contributed by atoms with van der Waals surface area (Å²) in [5, 5.41) is 17.6. The van der Waals surface area contributed by atoms with E-state index in [0.717, 1.165) is 22.7 Å². The lowest BCUT2D eigenvalue weighted by molar-refractivity contribution is 0.0764. The van der Waals surface area contributed by atoms with E-state index in [1.807, 2.05) is 49.4 Å². The molecule has 0 unspecified atom stereocenters. The number of aromatic nitrogens is 2. The smallest absolute Gasteiger partial charge is 0.253 e. The Balaban J connectivity index is 1.34. The Morgan fingerprint density at radius 2 is 1.97 bits per heavy atom. The number of likely N-dealkylation sites (tertiary alicyclic amines) is 1. The van der Waals surface area contributed by atoms with Crippen molar-refractivity contribution in [2.75, 3.05) is 18.4 Å². The highest BCUT2D eigenvalue weighted by molar-refractivity contribution is 5.94. The van der Waals surface area contributed by atoms with Gasteiger partial charge in [0.2, 0.25) is 0 Å². The van der Waals surface area contributed by atoms with Gasteiger partial charge in [-0.25, -0.2) is 0 Å². The third kappa shape index (κ3) is 4.63. The molecule has 1 aliphatic heterocycles. The number of nitrogens with zero attached hydrogens (tertiary/aromatic N) is 3. The van der Waals surface area contributed by atoms with Crippen molar-refractivity contribution in [1.29, 1.82) is 0 Å². The Kier molecular flexibility index (Phi) is 5.57. The number of anilines is 1. The summed E-state index contributed by atoms with van der Waals surface area (Å²) < 4.78 is 5.25. The van der Waals surface area contributed by atoms with E-state index in [1.165, 1.54) is 0 Å². The first-order chi connectivity index (χ1) is 14.1. The van der Waals surface area contributed by atoms with Crippen molar-refractivity contribution in [1.82, 2.24) is 15.0 Å². The van der Waals surface area contributed by atoms with E-state index in [-0.39, 0.29) is 11.8 Å². The summed E-state index contributed by atoms with van der Waals surface area (Å²) in [5.74, 6) is 0.624. The molecule has 29 heavy (non-hydrogen) atoms. The Hall–Kier alpha value is -3.19. The van der Waals surface area contributed by atoms with Gasteiger partial charge in [0, 0.05) is 61.7 Å². The molecule has 2 aromatic heterocycles. The highest BCUT2D eigenvalue weighted by Gasteiger charge is 2.35. The second kappa shape index (κ2) is 8.45. The maximum atomic E-state index is 12.8. The first-order valence-electron chi connectivity index (χ1n) is 9.71. The number of carbonyl (C=O) groups is 1. The lowest BCUT2D eigenvalue weighted by Gasteiger charge is -2.16. The van der Waals surface area contributed by atoms with Crippen molar-refractivity contribution in [3.05, 3.63) is 77.4 Å². The fraction of sp³-hybridized carbons (Fsp3) is 0.318. The minimum absolute atomic E-state index is 0.0485. The fourth-order valence-electron chi connectivity index (χ4n) is 3.61. The van der Waals surface area contributed by atoms with Crippen molar-refractivity contribution in [2.45, 2.75) is 26.0 Å². The van der Waals surface area contributed by atoms with Gasteiger partial charge in [-0.05, 0) is 48.9 Å². The number of aliphatic hydroxyl groups is 1. The molecule has 1 amide bonds. The lowest BCUT2D eigenvalue weighted by Crippen LogP contribution is -2.29. The zero-order chi connectivity index (χ0) is 20.2. The third-order valence-corrected chi connectivity index (χ3v) is 5.21. The normalized spacial score (nSPS) is 18.8. The van der Waals surface area contributed by atoms with Crippen LogP contribution in [0, 0.1) is 12.8 Å². The van der Waals surface area contributed by atoms with Crippen LogP contribution in [0.4, 0.5) is 5.69 Å². The van der Waals surface area contributed by atoms with Crippen LogP contribution < -0.4 is 5.32 Å². The first kappa shape index (κ1) is 19.1. The predicted octanol–water partition coefficient (Wildman–Crippen LogP) is 2.67. The van der Waals surface area contributed by atoms with Gasteiger partial charge in [0.15, 0.2) is 0 Å². The van der Waals surface area contributed by atoms with E-state index in [9.17, 15) is 9.90 Å². The molecule has 150 valence electrons. The van der Waals surface area contributed by atoms with Gasteiger partial charge in [-0.1, -0.05) is 5.16 Å². The van der Waals surface area contributed by atoms with Crippen molar-refractivity contribution < 1.29 is 14.4 Å². The van der Waals surface area contributed by atoms with E-state index in [4.69, 9.17) is 4.52 Å². The van der Waals surface area contributed by atoms with Gasteiger partial charge in [0.1, 0.15) is 5.76 Å². The molecule has 2 N–H and O–H groups in total. The molecule has 0 spiro atoms. The van der Waals surface area contributed by atoms with Crippen molar-refractivity contribution in [3.63, 3.8) is 0 Å². The molecule has 7 heteroatoms. The van der Waals surface area contributed by atoms with Crippen LogP contribution in [0.3, 0.4) is 0 Å². The second-order valence-corrected chi connectivity index (χ2v) is 7.46. The summed E-state index contributed by atoms with van der Waals surface area (Å²) in [5.41, 5.74) is 3.51. The van der Waals surface area contributed by atoms with Crippen LogP contribution in [0.1, 0.15) is 27.4 Å². The van der Waals surface area contributed by atoms with Crippen LogP contribution in [0.15, 0.2) is 59.4 Å². The Bertz CT molecular complexity index is 956. The van der Waals surface area contributed by atoms with Gasteiger partial charge in [0.05, 0.1) is 11.8 Å². The summed E-state index contributed by atoms with van der Waals surface area (Å²) in [7, 11) is 0. The first-order valence-corrected chi connectivity index (χ1v) is 9.71. The zero-order valence-corrected chi connectivity index (χ0v) is 16.3. The molecule has 2 atom stereocenters. The van der Waals surface area contributed by atoms with Crippen molar-refractivity contribution >= 4 is 11.6 Å². The lowest BCUT2D eigenvalue weighted by atomic mass is 10.0. The van der Waals surface area contributed by atoms with Crippen LogP contribution in [0.5, 0.6) is 0 Å². The van der Waals surface area contributed by atoms with E-state index < -0.39 is 6.10 Å². The second-order valence-electron chi connectivity index (χ2n) is 7.46. The molecule has 1 aliphatic rings. The highest BCUT2D eigenvalue weighted by Crippen LogP contribution is 2.24. The summed E-state index contributed by atoms with van der Waals surface area (Å²) in [6.07, 6.45) is 3.54. The topological polar surface area (TPSA) is 91.5 Å². The maximum absolute atomic E-state index is 12.8. The van der Waals surface area contributed by atoms with E-state index in [2.05, 4.69) is 15.5 Å². The number of hydrogen-bond acceptors (Lipinski definition) is 6. The van der Waals surface area contributed by atoms with Crippen LogP contribution >= 0.6 is 0 Å². The number of pyridine rings is 1. The summed E-state index contributed by atoms with van der Waals surface area (Å²) >= 11 is 0. The number of hydrogen-bond donors (Lipinski definition) is 2. The van der Waals surface area contributed by atoms with Crippen LogP contribution in [0.25, 0.3) is 0 Å². The summed E-state index contributed by atoms with van der Waals surface area (Å²) in [6.45, 7) is 3.39. The average molecular weight is 392 g/mol. The molecular formula is C22H24N4O3. The van der Waals surface area contributed by atoms with Gasteiger partial charge in [0.25, 0.3) is 5.91 Å².